The third-order valence-electron chi connectivity index (χ3n) is 3.29. The minimum absolute atomic E-state index is 0.0103. The molecule has 0 saturated carbocycles. The number of esters is 2. The number of rotatable bonds is 7. The summed E-state index contributed by atoms with van der Waals surface area (Å²) >= 11 is 0. The standard InChI is InChI=1S/C16H19F3O5/c1-4-23-13(20)15(22-3,14(21)24-5-2)10-11-6-8-12(9-7-11)16(17,18)19/h6-9H,4-5,10H2,1-3H3. The number of carbonyl (C=O) groups excluding carboxylic acids is 2. The van der Waals surface area contributed by atoms with Gasteiger partial charge in [-0.2, -0.15) is 13.2 Å². The van der Waals surface area contributed by atoms with Gasteiger partial charge in [0.15, 0.2) is 0 Å². The fourth-order valence-corrected chi connectivity index (χ4v) is 2.06. The average molecular weight is 348 g/mol. The van der Waals surface area contributed by atoms with Crippen LogP contribution < -0.4 is 0 Å². The van der Waals surface area contributed by atoms with E-state index in [-0.39, 0.29) is 19.6 Å². The van der Waals surface area contributed by atoms with Gasteiger partial charge in [-0.25, -0.2) is 9.59 Å². The van der Waals surface area contributed by atoms with E-state index in [9.17, 15) is 22.8 Å². The molecule has 0 spiro atoms. The van der Waals surface area contributed by atoms with E-state index in [0.29, 0.717) is 5.56 Å². The van der Waals surface area contributed by atoms with E-state index in [2.05, 4.69) is 0 Å². The first kappa shape index (κ1) is 20.0. The summed E-state index contributed by atoms with van der Waals surface area (Å²) in [5.74, 6) is -1.91. The lowest BCUT2D eigenvalue weighted by Gasteiger charge is -2.27. The molecular formula is C16H19F3O5. The highest BCUT2D eigenvalue weighted by atomic mass is 19.4. The normalized spacial score (nSPS) is 11.9. The second-order valence-electron chi connectivity index (χ2n) is 4.84. The molecule has 0 fully saturated rings. The molecule has 0 aliphatic carbocycles. The van der Waals surface area contributed by atoms with Gasteiger partial charge >= 0.3 is 18.1 Å². The van der Waals surface area contributed by atoms with Crippen LogP contribution in [0.1, 0.15) is 25.0 Å². The van der Waals surface area contributed by atoms with Crippen molar-refractivity contribution in [2.75, 3.05) is 20.3 Å². The molecule has 0 aliphatic heterocycles. The van der Waals surface area contributed by atoms with Gasteiger partial charge in [0.05, 0.1) is 18.8 Å². The Bertz CT molecular complexity index is 548. The number of benzene rings is 1. The lowest BCUT2D eigenvalue weighted by atomic mass is 9.93. The van der Waals surface area contributed by atoms with Crippen molar-refractivity contribution < 1.29 is 37.0 Å². The molecule has 1 aromatic carbocycles. The molecule has 8 heteroatoms. The topological polar surface area (TPSA) is 61.8 Å². The van der Waals surface area contributed by atoms with Crippen molar-refractivity contribution >= 4 is 11.9 Å². The monoisotopic (exact) mass is 348 g/mol. The van der Waals surface area contributed by atoms with Gasteiger partial charge in [0, 0.05) is 13.5 Å². The molecule has 5 nitrogen and oxygen atoms in total. The Hall–Kier alpha value is -2.09. The Morgan fingerprint density at radius 1 is 0.958 bits per heavy atom. The summed E-state index contributed by atoms with van der Waals surface area (Å²) in [5.41, 5.74) is -2.60. The molecule has 0 unspecified atom stereocenters. The molecule has 0 aliphatic rings. The largest absolute Gasteiger partial charge is 0.463 e. The quantitative estimate of drug-likeness (QED) is 0.560. The molecule has 1 rings (SSSR count). The highest BCUT2D eigenvalue weighted by molar-refractivity contribution is 6.04. The SMILES string of the molecule is CCOC(=O)C(Cc1ccc(C(F)(F)F)cc1)(OC)C(=O)OCC. The maximum atomic E-state index is 12.6. The van der Waals surface area contributed by atoms with Gasteiger partial charge in [-0.05, 0) is 31.5 Å². The first-order valence-electron chi connectivity index (χ1n) is 7.27. The number of ether oxygens (including phenoxy) is 3. The first-order valence-corrected chi connectivity index (χ1v) is 7.27. The zero-order valence-corrected chi connectivity index (χ0v) is 13.6. The van der Waals surface area contributed by atoms with Crippen molar-refractivity contribution in [2.45, 2.75) is 32.0 Å². The number of alkyl halides is 3. The van der Waals surface area contributed by atoms with E-state index in [1.54, 1.807) is 13.8 Å². The van der Waals surface area contributed by atoms with Gasteiger partial charge < -0.3 is 14.2 Å². The zero-order valence-electron chi connectivity index (χ0n) is 13.6. The predicted octanol–water partition coefficient (Wildman–Crippen LogP) is 2.76. The fraction of sp³-hybridized carbons (Fsp3) is 0.500. The van der Waals surface area contributed by atoms with Crippen LogP contribution in [0.4, 0.5) is 13.2 Å². The van der Waals surface area contributed by atoms with Crippen LogP contribution in [-0.2, 0) is 36.4 Å². The van der Waals surface area contributed by atoms with Crippen molar-refractivity contribution in [3.05, 3.63) is 35.4 Å². The van der Waals surface area contributed by atoms with Gasteiger partial charge in [0.25, 0.3) is 5.60 Å². The highest BCUT2D eigenvalue weighted by Crippen LogP contribution is 2.30. The van der Waals surface area contributed by atoms with Gasteiger partial charge in [-0.1, -0.05) is 12.1 Å². The Morgan fingerprint density at radius 3 is 1.75 bits per heavy atom. The summed E-state index contributed by atoms with van der Waals surface area (Å²) in [6.45, 7) is 3.13. The van der Waals surface area contributed by atoms with Gasteiger partial charge in [0.1, 0.15) is 0 Å². The summed E-state index contributed by atoms with van der Waals surface area (Å²) in [6, 6.07) is 4.09. The molecule has 0 aromatic heterocycles. The molecule has 0 amide bonds. The number of hydrogen-bond donors (Lipinski definition) is 0. The molecule has 0 N–H and O–H groups in total. The van der Waals surface area contributed by atoms with Crippen molar-refractivity contribution in [3.8, 4) is 0 Å². The Balaban J connectivity index is 3.16. The summed E-state index contributed by atoms with van der Waals surface area (Å²) in [4.78, 5) is 24.4. The molecule has 0 heterocycles. The maximum absolute atomic E-state index is 12.6. The minimum atomic E-state index is -4.47. The summed E-state index contributed by atoms with van der Waals surface area (Å²) in [5, 5.41) is 0. The van der Waals surface area contributed by atoms with E-state index in [0.717, 1.165) is 19.2 Å². The lowest BCUT2D eigenvalue weighted by Crippen LogP contribution is -2.52. The Kier molecular flexibility index (Phi) is 6.77. The van der Waals surface area contributed by atoms with E-state index < -0.39 is 29.3 Å². The van der Waals surface area contributed by atoms with Crippen molar-refractivity contribution in [3.63, 3.8) is 0 Å². The van der Waals surface area contributed by atoms with Crippen LogP contribution in [0, 0.1) is 0 Å². The molecule has 0 radical (unpaired) electrons. The first-order chi connectivity index (χ1) is 11.2. The number of carbonyl (C=O) groups is 2. The fourth-order valence-electron chi connectivity index (χ4n) is 2.06. The van der Waals surface area contributed by atoms with Gasteiger partial charge in [0.2, 0.25) is 0 Å². The summed E-state index contributed by atoms with van der Waals surface area (Å²) in [6.07, 6.45) is -4.78. The molecule has 24 heavy (non-hydrogen) atoms. The van der Waals surface area contributed by atoms with Crippen molar-refractivity contribution in [2.24, 2.45) is 0 Å². The summed E-state index contributed by atoms with van der Waals surface area (Å²) in [7, 11) is 1.14. The van der Waals surface area contributed by atoms with Crippen molar-refractivity contribution in [1.82, 2.24) is 0 Å². The minimum Gasteiger partial charge on any atom is -0.463 e. The third-order valence-corrected chi connectivity index (χ3v) is 3.29. The molecule has 0 saturated heterocycles. The van der Waals surface area contributed by atoms with Crippen LogP contribution in [0.5, 0.6) is 0 Å². The lowest BCUT2D eigenvalue weighted by molar-refractivity contribution is -0.187. The molecule has 134 valence electrons. The number of methoxy groups -OCH3 is 1. The van der Waals surface area contributed by atoms with Crippen LogP contribution in [0.2, 0.25) is 0 Å². The summed E-state index contributed by atoms with van der Waals surface area (Å²) < 4.78 is 52.7. The van der Waals surface area contributed by atoms with Gasteiger partial charge in [-0.3, -0.25) is 0 Å². The van der Waals surface area contributed by atoms with Crippen LogP contribution in [-0.4, -0.2) is 37.9 Å². The Morgan fingerprint density at radius 2 is 1.42 bits per heavy atom. The van der Waals surface area contributed by atoms with E-state index >= 15 is 0 Å². The Labute approximate surface area is 137 Å². The smallest absolute Gasteiger partial charge is 0.416 e. The van der Waals surface area contributed by atoms with E-state index in [4.69, 9.17) is 14.2 Å². The van der Waals surface area contributed by atoms with Crippen LogP contribution in [0.15, 0.2) is 24.3 Å². The average Bonchev–Trinajstić information content (AvgIpc) is 2.52. The van der Waals surface area contributed by atoms with Crippen LogP contribution in [0.3, 0.4) is 0 Å². The molecule has 0 bridgehead atoms. The number of hydrogen-bond acceptors (Lipinski definition) is 5. The van der Waals surface area contributed by atoms with Gasteiger partial charge in [-0.15, -0.1) is 0 Å². The third kappa shape index (κ3) is 4.47. The second kappa shape index (κ2) is 8.14. The molecular weight excluding hydrogens is 329 g/mol. The molecule has 1 aromatic rings. The van der Waals surface area contributed by atoms with Crippen LogP contribution in [0.25, 0.3) is 0 Å². The van der Waals surface area contributed by atoms with E-state index in [1.165, 1.54) is 12.1 Å². The highest BCUT2D eigenvalue weighted by Gasteiger charge is 2.49. The predicted molar refractivity (Wildman–Crippen MR) is 78.2 cm³/mol. The second-order valence-corrected chi connectivity index (χ2v) is 4.84. The zero-order chi connectivity index (χ0) is 18.4. The maximum Gasteiger partial charge on any atom is 0.416 e. The van der Waals surface area contributed by atoms with E-state index in [1.807, 2.05) is 0 Å². The van der Waals surface area contributed by atoms with Crippen molar-refractivity contribution in [1.29, 1.82) is 0 Å². The number of halogens is 3. The van der Waals surface area contributed by atoms with Crippen LogP contribution >= 0.6 is 0 Å². The molecule has 0 atom stereocenters.